The van der Waals surface area contributed by atoms with E-state index in [9.17, 15) is 19.2 Å². The fourth-order valence-corrected chi connectivity index (χ4v) is 4.50. The summed E-state index contributed by atoms with van der Waals surface area (Å²) in [4.78, 5) is 49.6. The molecule has 2 heterocycles. The Labute approximate surface area is 184 Å². The van der Waals surface area contributed by atoms with Crippen LogP contribution in [-0.2, 0) is 14.4 Å². The van der Waals surface area contributed by atoms with Crippen molar-refractivity contribution in [1.82, 2.24) is 20.6 Å². The number of urea groups is 1. The second kappa shape index (κ2) is 10.9. The minimum atomic E-state index is -0.683. The summed E-state index contributed by atoms with van der Waals surface area (Å²) in [6, 6.07) is -0.324. The van der Waals surface area contributed by atoms with E-state index >= 15 is 0 Å². The van der Waals surface area contributed by atoms with E-state index in [0.717, 1.165) is 45.2 Å². The molecule has 0 radical (unpaired) electrons. The predicted molar refractivity (Wildman–Crippen MR) is 115 cm³/mol. The molecule has 1 aliphatic carbocycles. The molecule has 9 nitrogen and oxygen atoms in total. The third-order valence-electron chi connectivity index (χ3n) is 7.09. The zero-order valence-corrected chi connectivity index (χ0v) is 19.3. The smallest absolute Gasteiger partial charge is 0.324 e. The lowest BCUT2D eigenvalue weighted by molar-refractivity contribution is -0.145. The number of carbonyl (C=O) groups excluding carboxylic acids is 4. The molecule has 3 N–H and O–H groups in total. The molecule has 0 aromatic carbocycles. The molecule has 1 saturated carbocycles. The van der Waals surface area contributed by atoms with Gasteiger partial charge in [0.1, 0.15) is 5.54 Å². The van der Waals surface area contributed by atoms with Crippen LogP contribution in [0.25, 0.3) is 0 Å². The molecule has 3 fully saturated rings. The fourth-order valence-electron chi connectivity index (χ4n) is 4.50. The number of imide groups is 1. The van der Waals surface area contributed by atoms with Gasteiger partial charge in [-0.3, -0.25) is 24.9 Å². The minimum absolute atomic E-state index is 0.109. The summed E-state index contributed by atoms with van der Waals surface area (Å²) in [5.74, 6) is -0.776. The van der Waals surface area contributed by atoms with E-state index in [1.165, 1.54) is 24.2 Å². The maximum Gasteiger partial charge on any atom is 0.324 e. The molecule has 2 saturated heterocycles. The summed E-state index contributed by atoms with van der Waals surface area (Å²) in [6.45, 7) is 6.79. The Morgan fingerprint density at radius 2 is 1.71 bits per heavy atom. The molecule has 9 heteroatoms. The van der Waals surface area contributed by atoms with Crippen molar-refractivity contribution in [2.75, 3.05) is 20.1 Å². The predicted octanol–water partition coefficient (Wildman–Crippen LogP) is 2.28. The van der Waals surface area contributed by atoms with Crippen LogP contribution in [-0.4, -0.2) is 64.4 Å². The largest absolute Gasteiger partial charge is 0.342 e. The number of nitrogens with one attached hydrogen (secondary N) is 2. The van der Waals surface area contributed by atoms with Crippen LogP contribution >= 0.6 is 0 Å². The number of carbonyl (C=O) groups is 4. The molecule has 2 atom stereocenters. The molecule has 0 aromatic rings. The van der Waals surface area contributed by atoms with Crippen molar-refractivity contribution in [3.05, 3.63) is 0 Å². The maximum atomic E-state index is 12.8. The first-order valence-corrected chi connectivity index (χ1v) is 11.4. The lowest BCUT2D eigenvalue weighted by atomic mass is 9.83. The van der Waals surface area contributed by atoms with Crippen LogP contribution in [0.3, 0.4) is 0 Å². The summed E-state index contributed by atoms with van der Waals surface area (Å²) in [7, 11) is 1.60. The second-order valence-corrected chi connectivity index (χ2v) is 9.52. The third kappa shape index (κ3) is 6.18. The van der Waals surface area contributed by atoms with Crippen LogP contribution in [0.15, 0.2) is 0 Å². The molecule has 2 aliphatic heterocycles. The van der Waals surface area contributed by atoms with Gasteiger partial charge in [-0.2, -0.15) is 0 Å². The van der Waals surface area contributed by atoms with Crippen molar-refractivity contribution in [1.29, 1.82) is 0 Å². The molecule has 176 valence electrons. The average Bonchev–Trinajstić information content (AvgIpc) is 3.34. The van der Waals surface area contributed by atoms with Crippen LogP contribution in [0.2, 0.25) is 0 Å². The number of nitrogens with zero attached hydrogens (tertiary/aromatic N) is 2. The van der Waals surface area contributed by atoms with Crippen LogP contribution in [0.4, 0.5) is 4.79 Å². The SMILES string of the molecule is CC(C(=O)NO)C(CC1CCCC1)C(=O)N1CCCCC1.CN1C(=O)NC(=O)C1(C)C. The number of hydrogen-bond acceptors (Lipinski definition) is 5. The zero-order valence-electron chi connectivity index (χ0n) is 19.3. The van der Waals surface area contributed by atoms with E-state index in [1.54, 1.807) is 33.3 Å². The minimum Gasteiger partial charge on any atom is -0.342 e. The Hall–Kier alpha value is -2.16. The molecule has 0 spiro atoms. The summed E-state index contributed by atoms with van der Waals surface area (Å²) >= 11 is 0. The molecule has 3 rings (SSSR count). The first-order valence-electron chi connectivity index (χ1n) is 11.4. The number of likely N-dealkylation sites (N-methyl/N-ethyl adjacent to an activating group) is 1. The monoisotopic (exact) mass is 438 g/mol. The molecule has 2 unspecified atom stereocenters. The van der Waals surface area contributed by atoms with Crippen molar-refractivity contribution >= 4 is 23.8 Å². The standard InChI is InChI=1S/C16H28N2O3.C6H10N2O2/c1-12(15(19)17-21)14(11-13-7-3-4-8-13)16(20)18-9-5-2-6-10-18;1-6(2)4(9)7-5(10)8(6)3/h12-14,21H,2-11H2,1H3,(H,17,19);1-3H3,(H,7,9,10). The van der Waals surface area contributed by atoms with Crippen molar-refractivity contribution in [3.63, 3.8) is 0 Å². The first kappa shape index (κ1) is 25.1. The van der Waals surface area contributed by atoms with E-state index in [-0.39, 0.29) is 23.8 Å². The maximum absolute atomic E-state index is 12.8. The van der Waals surface area contributed by atoms with Gasteiger partial charge in [0.15, 0.2) is 0 Å². The molecule has 3 aliphatic rings. The van der Waals surface area contributed by atoms with Gasteiger partial charge in [-0.05, 0) is 45.4 Å². The highest BCUT2D eigenvalue weighted by Gasteiger charge is 2.42. The van der Waals surface area contributed by atoms with Gasteiger partial charge in [-0.15, -0.1) is 0 Å². The lowest BCUT2D eigenvalue weighted by Gasteiger charge is -2.33. The number of hydroxylamine groups is 1. The normalized spacial score (nSPS) is 23.0. The molecule has 0 bridgehead atoms. The van der Waals surface area contributed by atoms with Crippen LogP contribution in [0, 0.1) is 17.8 Å². The van der Waals surface area contributed by atoms with E-state index in [4.69, 9.17) is 5.21 Å². The number of piperidine rings is 1. The zero-order chi connectivity index (χ0) is 23.2. The number of amides is 5. The average molecular weight is 439 g/mol. The Balaban J connectivity index is 0.000000285. The van der Waals surface area contributed by atoms with Gasteiger partial charge in [0.2, 0.25) is 11.8 Å². The van der Waals surface area contributed by atoms with Crippen LogP contribution in [0.1, 0.15) is 72.1 Å². The van der Waals surface area contributed by atoms with Gasteiger partial charge in [0, 0.05) is 32.0 Å². The van der Waals surface area contributed by atoms with Crippen molar-refractivity contribution in [2.24, 2.45) is 17.8 Å². The van der Waals surface area contributed by atoms with Gasteiger partial charge in [0.25, 0.3) is 5.91 Å². The Morgan fingerprint density at radius 1 is 1.13 bits per heavy atom. The topological polar surface area (TPSA) is 119 Å². The van der Waals surface area contributed by atoms with E-state index in [2.05, 4.69) is 5.32 Å². The number of hydrogen-bond donors (Lipinski definition) is 3. The van der Waals surface area contributed by atoms with Crippen molar-refractivity contribution in [3.8, 4) is 0 Å². The lowest BCUT2D eigenvalue weighted by Crippen LogP contribution is -2.45. The molecular formula is C22H38N4O5. The van der Waals surface area contributed by atoms with E-state index < -0.39 is 17.4 Å². The molecular weight excluding hydrogens is 400 g/mol. The second-order valence-electron chi connectivity index (χ2n) is 9.52. The van der Waals surface area contributed by atoms with Crippen molar-refractivity contribution in [2.45, 2.75) is 77.7 Å². The summed E-state index contributed by atoms with van der Waals surface area (Å²) in [5.41, 5.74) is 1.03. The van der Waals surface area contributed by atoms with E-state index in [1.807, 2.05) is 4.90 Å². The van der Waals surface area contributed by atoms with Crippen LogP contribution < -0.4 is 10.8 Å². The Kier molecular flexibility index (Phi) is 8.85. The van der Waals surface area contributed by atoms with Gasteiger partial charge < -0.3 is 9.80 Å². The van der Waals surface area contributed by atoms with E-state index in [0.29, 0.717) is 5.92 Å². The fraction of sp³-hybridized carbons (Fsp3) is 0.818. The third-order valence-corrected chi connectivity index (χ3v) is 7.09. The Bertz CT molecular complexity index is 669. The molecule has 31 heavy (non-hydrogen) atoms. The van der Waals surface area contributed by atoms with Crippen LogP contribution in [0.5, 0.6) is 0 Å². The first-order chi connectivity index (χ1) is 14.6. The number of likely N-dealkylation sites (tertiary alicyclic amines) is 1. The van der Waals surface area contributed by atoms with Gasteiger partial charge in [-0.25, -0.2) is 10.3 Å². The summed E-state index contributed by atoms with van der Waals surface area (Å²) in [6.07, 6.45) is 8.87. The summed E-state index contributed by atoms with van der Waals surface area (Å²) < 4.78 is 0. The van der Waals surface area contributed by atoms with Crippen molar-refractivity contribution < 1.29 is 24.4 Å². The van der Waals surface area contributed by atoms with Gasteiger partial charge in [-0.1, -0.05) is 32.6 Å². The summed E-state index contributed by atoms with van der Waals surface area (Å²) in [5, 5.41) is 11.1. The molecule has 0 aromatic heterocycles. The quantitative estimate of drug-likeness (QED) is 0.346. The Morgan fingerprint density at radius 3 is 2.13 bits per heavy atom. The highest BCUT2D eigenvalue weighted by atomic mass is 16.5. The number of rotatable bonds is 5. The highest BCUT2D eigenvalue weighted by molar-refractivity contribution is 6.06. The molecule has 5 amide bonds. The van der Waals surface area contributed by atoms with Gasteiger partial charge >= 0.3 is 6.03 Å². The van der Waals surface area contributed by atoms with Gasteiger partial charge in [0.05, 0.1) is 0 Å². The highest BCUT2D eigenvalue weighted by Crippen LogP contribution is 2.34.